The molecule has 3 aromatic rings. The van der Waals surface area contributed by atoms with Crippen LogP contribution in [0.25, 0.3) is 0 Å². The Bertz CT molecular complexity index is 1140. The van der Waals surface area contributed by atoms with Crippen molar-refractivity contribution in [3.8, 4) is 5.75 Å². The van der Waals surface area contributed by atoms with Crippen molar-refractivity contribution in [3.63, 3.8) is 0 Å². The zero-order chi connectivity index (χ0) is 23.3. The highest BCUT2D eigenvalue weighted by Crippen LogP contribution is 2.25. The quantitative estimate of drug-likeness (QED) is 0.498. The van der Waals surface area contributed by atoms with E-state index in [9.17, 15) is 13.2 Å². The molecular weight excluding hydrogens is 446 g/mol. The van der Waals surface area contributed by atoms with E-state index in [0.717, 1.165) is 0 Å². The van der Waals surface area contributed by atoms with Gasteiger partial charge in [0.25, 0.3) is 15.9 Å². The second kappa shape index (κ2) is 10.2. The van der Waals surface area contributed by atoms with E-state index in [0.29, 0.717) is 23.5 Å². The molecule has 3 rings (SSSR count). The van der Waals surface area contributed by atoms with Crippen molar-refractivity contribution >= 4 is 33.0 Å². The Morgan fingerprint density at radius 3 is 2.44 bits per heavy atom. The fourth-order valence-corrected chi connectivity index (χ4v) is 5.46. The SMILES string of the molecule is COc1ccc(N(C)S(=O)(=O)c2cccc(C(=O)NC[C@@H](c3cccs3)[NH+](C)C)c2)cc1. The van der Waals surface area contributed by atoms with Crippen molar-refractivity contribution in [2.24, 2.45) is 0 Å². The van der Waals surface area contributed by atoms with Crippen LogP contribution in [0.4, 0.5) is 5.69 Å². The topological polar surface area (TPSA) is 80.1 Å². The first kappa shape index (κ1) is 23.8. The van der Waals surface area contributed by atoms with Crippen molar-refractivity contribution in [1.29, 1.82) is 0 Å². The summed E-state index contributed by atoms with van der Waals surface area (Å²) >= 11 is 1.65. The van der Waals surface area contributed by atoms with Gasteiger partial charge in [0.15, 0.2) is 0 Å². The van der Waals surface area contributed by atoms with Gasteiger partial charge in [-0.2, -0.15) is 0 Å². The molecule has 9 heteroatoms. The van der Waals surface area contributed by atoms with Crippen LogP contribution in [0.5, 0.6) is 5.75 Å². The van der Waals surface area contributed by atoms with Gasteiger partial charge in [0.2, 0.25) is 0 Å². The number of carbonyl (C=O) groups excluding carboxylic acids is 1. The lowest BCUT2D eigenvalue weighted by molar-refractivity contribution is -0.890. The second-order valence-corrected chi connectivity index (χ2v) is 10.5. The summed E-state index contributed by atoms with van der Waals surface area (Å²) in [5.74, 6) is 0.329. The number of anilines is 1. The predicted octanol–water partition coefficient (Wildman–Crippen LogP) is 2.20. The van der Waals surface area contributed by atoms with Gasteiger partial charge in [-0.15, -0.1) is 11.3 Å². The standard InChI is InChI=1S/C23H27N3O4S2/c1-25(2)21(22-9-6-14-31-22)16-24-23(27)17-7-5-8-20(15-17)32(28,29)26(3)18-10-12-19(30-4)13-11-18/h5-15,21H,16H2,1-4H3,(H,24,27)/p+1/t21-/m0/s1. The molecule has 1 amide bonds. The molecule has 32 heavy (non-hydrogen) atoms. The lowest BCUT2D eigenvalue weighted by Gasteiger charge is -2.21. The number of carbonyl (C=O) groups is 1. The highest BCUT2D eigenvalue weighted by Gasteiger charge is 2.24. The van der Waals surface area contributed by atoms with E-state index < -0.39 is 10.0 Å². The van der Waals surface area contributed by atoms with E-state index in [4.69, 9.17) is 4.74 Å². The van der Waals surface area contributed by atoms with Crippen LogP contribution in [0.15, 0.2) is 70.9 Å². The van der Waals surface area contributed by atoms with E-state index in [2.05, 4.69) is 11.4 Å². The van der Waals surface area contributed by atoms with E-state index in [1.807, 2.05) is 25.5 Å². The van der Waals surface area contributed by atoms with Crippen molar-refractivity contribution < 1.29 is 22.8 Å². The second-order valence-electron chi connectivity index (χ2n) is 7.55. The minimum atomic E-state index is -3.84. The minimum absolute atomic E-state index is 0.0523. The molecule has 2 aromatic carbocycles. The molecule has 2 N–H and O–H groups in total. The average Bonchev–Trinajstić information content (AvgIpc) is 3.33. The minimum Gasteiger partial charge on any atom is -0.497 e. The molecule has 0 radical (unpaired) electrons. The Labute approximate surface area is 193 Å². The van der Waals surface area contributed by atoms with Crippen molar-refractivity contribution in [2.75, 3.05) is 39.1 Å². The number of benzene rings is 2. The average molecular weight is 475 g/mol. The molecule has 7 nitrogen and oxygen atoms in total. The van der Waals surface area contributed by atoms with Crippen LogP contribution >= 0.6 is 11.3 Å². The van der Waals surface area contributed by atoms with Crippen molar-refractivity contribution in [1.82, 2.24) is 5.32 Å². The smallest absolute Gasteiger partial charge is 0.264 e. The van der Waals surface area contributed by atoms with Crippen LogP contribution in [0.1, 0.15) is 21.3 Å². The monoisotopic (exact) mass is 474 g/mol. The Balaban J connectivity index is 1.76. The van der Waals surface area contributed by atoms with Gasteiger partial charge in [-0.05, 0) is 53.9 Å². The Morgan fingerprint density at radius 2 is 1.84 bits per heavy atom. The summed E-state index contributed by atoms with van der Waals surface area (Å²) in [5, 5.41) is 4.96. The summed E-state index contributed by atoms with van der Waals surface area (Å²) < 4.78 is 32.6. The zero-order valence-electron chi connectivity index (χ0n) is 18.5. The molecule has 0 saturated heterocycles. The summed E-state index contributed by atoms with van der Waals surface area (Å²) in [4.78, 5) is 15.2. The molecule has 0 fully saturated rings. The molecule has 0 spiro atoms. The first-order chi connectivity index (χ1) is 15.2. The molecule has 0 aliphatic carbocycles. The molecular formula is C23H28N3O4S2+. The van der Waals surface area contributed by atoms with Crippen LogP contribution in [0, 0.1) is 0 Å². The number of hydrogen-bond acceptors (Lipinski definition) is 5. The molecule has 0 aliphatic heterocycles. The van der Waals surface area contributed by atoms with E-state index in [-0.39, 0.29) is 16.8 Å². The number of nitrogens with one attached hydrogen (secondary N) is 2. The number of rotatable bonds is 9. The van der Waals surface area contributed by atoms with Crippen LogP contribution in [-0.4, -0.2) is 49.1 Å². The number of quaternary nitrogens is 1. The molecule has 0 bridgehead atoms. The molecule has 170 valence electrons. The molecule has 0 unspecified atom stereocenters. The van der Waals surface area contributed by atoms with Crippen LogP contribution in [0.3, 0.4) is 0 Å². The summed E-state index contributed by atoms with van der Waals surface area (Å²) in [6.45, 7) is 0.449. The van der Waals surface area contributed by atoms with Gasteiger partial charge >= 0.3 is 0 Å². The number of amides is 1. The maximum absolute atomic E-state index is 13.1. The van der Waals surface area contributed by atoms with Gasteiger partial charge in [0, 0.05) is 12.6 Å². The van der Waals surface area contributed by atoms with Crippen molar-refractivity contribution in [2.45, 2.75) is 10.9 Å². The predicted molar refractivity (Wildman–Crippen MR) is 127 cm³/mol. The molecule has 1 atom stereocenters. The molecule has 1 heterocycles. The Kier molecular flexibility index (Phi) is 7.55. The number of ether oxygens (including phenoxy) is 1. The number of sulfonamides is 1. The molecule has 0 aliphatic rings. The summed E-state index contributed by atoms with van der Waals surface area (Å²) in [7, 11) is 3.27. The number of hydrogen-bond donors (Lipinski definition) is 2. The lowest BCUT2D eigenvalue weighted by Crippen LogP contribution is -3.06. The van der Waals surface area contributed by atoms with Crippen LogP contribution in [0.2, 0.25) is 0 Å². The fraction of sp³-hybridized carbons (Fsp3) is 0.261. The summed E-state index contributed by atoms with van der Waals surface area (Å²) in [5.41, 5.74) is 0.793. The first-order valence-corrected chi connectivity index (χ1v) is 12.4. The van der Waals surface area contributed by atoms with Crippen molar-refractivity contribution in [3.05, 3.63) is 76.5 Å². The highest BCUT2D eigenvalue weighted by atomic mass is 32.2. The lowest BCUT2D eigenvalue weighted by atomic mass is 10.2. The molecule has 0 saturated carbocycles. The van der Waals surface area contributed by atoms with Crippen LogP contribution in [-0.2, 0) is 10.0 Å². The fourth-order valence-electron chi connectivity index (χ4n) is 3.26. The van der Waals surface area contributed by atoms with Gasteiger partial charge in [0.1, 0.15) is 11.8 Å². The zero-order valence-corrected chi connectivity index (χ0v) is 20.2. The third-order valence-electron chi connectivity index (χ3n) is 5.24. The molecule has 1 aromatic heterocycles. The van der Waals surface area contributed by atoms with Gasteiger partial charge in [-0.25, -0.2) is 8.42 Å². The summed E-state index contributed by atoms with van der Waals surface area (Å²) in [6, 6.07) is 17.0. The number of methoxy groups -OCH3 is 1. The van der Waals surface area contributed by atoms with Crippen LogP contribution < -0.4 is 19.3 Å². The Morgan fingerprint density at radius 1 is 1.12 bits per heavy atom. The number of thiophene rings is 1. The van der Waals surface area contributed by atoms with Gasteiger partial charge < -0.3 is 15.0 Å². The van der Waals surface area contributed by atoms with Gasteiger partial charge in [-0.3, -0.25) is 9.10 Å². The largest absolute Gasteiger partial charge is 0.497 e. The number of nitrogens with zero attached hydrogens (tertiary/aromatic N) is 1. The van der Waals surface area contributed by atoms with E-state index in [1.165, 1.54) is 33.3 Å². The third kappa shape index (κ3) is 5.29. The van der Waals surface area contributed by atoms with Gasteiger partial charge in [-0.1, -0.05) is 12.1 Å². The normalized spacial score (nSPS) is 12.4. The third-order valence-corrected chi connectivity index (χ3v) is 8.01. The highest BCUT2D eigenvalue weighted by molar-refractivity contribution is 7.92. The Hall–Kier alpha value is -2.88. The maximum atomic E-state index is 13.1. The first-order valence-electron chi connectivity index (χ1n) is 10.1. The summed E-state index contributed by atoms with van der Waals surface area (Å²) in [6.07, 6.45) is 0. The number of likely N-dealkylation sites (N-methyl/N-ethyl adjacent to an activating group) is 1. The van der Waals surface area contributed by atoms with E-state index >= 15 is 0 Å². The van der Waals surface area contributed by atoms with Gasteiger partial charge in [0.05, 0.1) is 43.2 Å². The van der Waals surface area contributed by atoms with E-state index in [1.54, 1.807) is 54.8 Å². The maximum Gasteiger partial charge on any atom is 0.264 e.